The first-order valence-corrected chi connectivity index (χ1v) is 11.5. The van der Waals surface area contributed by atoms with Crippen LogP contribution in [0.3, 0.4) is 0 Å². The van der Waals surface area contributed by atoms with Gasteiger partial charge in [-0.25, -0.2) is 14.4 Å². The Morgan fingerprint density at radius 3 is 2.73 bits per heavy atom. The summed E-state index contributed by atoms with van der Waals surface area (Å²) >= 11 is 5.97. The minimum atomic E-state index is -0.539. The van der Waals surface area contributed by atoms with E-state index in [4.69, 9.17) is 16.6 Å². The van der Waals surface area contributed by atoms with E-state index in [9.17, 15) is 14.0 Å². The molecule has 1 aromatic carbocycles. The number of hydrogen-bond acceptors (Lipinski definition) is 5. The lowest BCUT2D eigenvalue weighted by Gasteiger charge is -2.36. The molecule has 7 nitrogen and oxygen atoms in total. The molecule has 2 aliphatic heterocycles. The predicted octanol–water partition coefficient (Wildman–Crippen LogP) is 3.45. The Morgan fingerprint density at radius 2 is 2.00 bits per heavy atom. The van der Waals surface area contributed by atoms with Crippen molar-refractivity contribution in [3.63, 3.8) is 0 Å². The van der Waals surface area contributed by atoms with Gasteiger partial charge in [0.2, 0.25) is 5.91 Å². The predicted molar refractivity (Wildman–Crippen MR) is 126 cm³/mol. The zero-order chi connectivity index (χ0) is 23.3. The van der Waals surface area contributed by atoms with Gasteiger partial charge in [0.15, 0.2) is 0 Å². The van der Waals surface area contributed by atoms with Crippen LogP contribution in [-0.4, -0.2) is 40.1 Å². The van der Waals surface area contributed by atoms with E-state index in [1.807, 2.05) is 6.07 Å². The van der Waals surface area contributed by atoms with Gasteiger partial charge in [-0.15, -0.1) is 0 Å². The molecule has 0 radical (unpaired) electrons. The van der Waals surface area contributed by atoms with E-state index in [0.717, 1.165) is 25.9 Å². The number of aryl methyl sites for hydroxylation is 1. The van der Waals surface area contributed by atoms with E-state index >= 15 is 0 Å². The van der Waals surface area contributed by atoms with Crippen LogP contribution in [0.2, 0.25) is 5.02 Å². The normalized spacial score (nSPS) is 21.0. The van der Waals surface area contributed by atoms with Crippen LogP contribution >= 0.6 is 11.6 Å². The topological polar surface area (TPSA) is 80.1 Å². The first-order chi connectivity index (χ1) is 15.8. The zero-order valence-corrected chi connectivity index (χ0v) is 19.3. The lowest BCUT2D eigenvalue weighted by Crippen LogP contribution is -2.39. The van der Waals surface area contributed by atoms with E-state index in [1.54, 1.807) is 26.1 Å². The number of carbonyl (C=O) groups excluding carboxylic acids is 1. The fourth-order valence-electron chi connectivity index (χ4n) is 4.98. The largest absolute Gasteiger partial charge is 0.356 e. The van der Waals surface area contributed by atoms with Gasteiger partial charge in [-0.05, 0) is 49.8 Å². The van der Waals surface area contributed by atoms with Crippen LogP contribution in [0.25, 0.3) is 22.2 Å². The average Bonchev–Trinajstić information content (AvgIpc) is 3.23. The molecule has 1 unspecified atom stereocenters. The van der Waals surface area contributed by atoms with E-state index in [1.165, 1.54) is 10.6 Å². The molecule has 2 fully saturated rings. The second-order valence-electron chi connectivity index (χ2n) is 8.99. The number of pyridine rings is 1. The number of aromatic nitrogens is 3. The molecule has 33 heavy (non-hydrogen) atoms. The first kappa shape index (κ1) is 21.8. The highest BCUT2D eigenvalue weighted by molar-refractivity contribution is 6.30. The SMILES string of the molecule is Cc1nc2cc(N3CCC[C@H](C4CNC(=O)C4)C3)nc(-c3ccc(Cl)cc3F)c2c(=O)n1C. The molecular formula is C24H25ClFN5O2. The Labute approximate surface area is 195 Å². The quantitative estimate of drug-likeness (QED) is 0.635. The van der Waals surface area contributed by atoms with Crippen LogP contribution in [-0.2, 0) is 11.8 Å². The molecule has 2 atom stereocenters. The van der Waals surface area contributed by atoms with Gasteiger partial charge >= 0.3 is 0 Å². The first-order valence-electron chi connectivity index (χ1n) is 11.2. The van der Waals surface area contributed by atoms with Crippen molar-refractivity contribution in [1.82, 2.24) is 19.9 Å². The summed E-state index contributed by atoms with van der Waals surface area (Å²) in [5.74, 6) is 1.47. The highest BCUT2D eigenvalue weighted by Gasteiger charge is 2.33. The van der Waals surface area contributed by atoms with Crippen molar-refractivity contribution in [2.75, 3.05) is 24.5 Å². The van der Waals surface area contributed by atoms with Crippen LogP contribution in [0.4, 0.5) is 10.2 Å². The Hall–Kier alpha value is -3.00. The van der Waals surface area contributed by atoms with Crippen molar-refractivity contribution in [1.29, 1.82) is 0 Å². The number of amides is 1. The maximum absolute atomic E-state index is 14.9. The van der Waals surface area contributed by atoms with E-state index in [2.05, 4.69) is 15.2 Å². The number of hydrogen-bond donors (Lipinski definition) is 1. The van der Waals surface area contributed by atoms with Crippen molar-refractivity contribution in [2.24, 2.45) is 18.9 Å². The van der Waals surface area contributed by atoms with Crippen LogP contribution in [0, 0.1) is 24.6 Å². The van der Waals surface area contributed by atoms with Crippen LogP contribution in [0.15, 0.2) is 29.1 Å². The molecule has 4 heterocycles. The summed E-state index contributed by atoms with van der Waals surface area (Å²) in [6.07, 6.45) is 2.59. The molecule has 1 amide bonds. The lowest BCUT2D eigenvalue weighted by molar-refractivity contribution is -0.119. The molecule has 0 bridgehead atoms. The Balaban J connectivity index is 1.63. The molecule has 2 saturated heterocycles. The summed E-state index contributed by atoms with van der Waals surface area (Å²) in [6, 6.07) is 6.19. The van der Waals surface area contributed by atoms with Gasteiger partial charge in [0.1, 0.15) is 17.5 Å². The molecular weight excluding hydrogens is 445 g/mol. The standard InChI is InChI=1S/C24H25ClFN5O2/c1-13-28-19-10-20(31-7-3-4-14(12-31)15-8-21(32)27-11-15)29-23(22(19)24(33)30(13)2)17-6-5-16(25)9-18(17)26/h5-6,9-10,14-15H,3-4,7-8,11-12H2,1-2H3,(H,27,32)/t14-,15?/m0/s1. The van der Waals surface area contributed by atoms with E-state index < -0.39 is 5.82 Å². The molecule has 172 valence electrons. The zero-order valence-electron chi connectivity index (χ0n) is 18.6. The number of nitrogens with zero attached hydrogens (tertiary/aromatic N) is 4. The summed E-state index contributed by atoms with van der Waals surface area (Å²) in [7, 11) is 1.65. The third-order valence-electron chi connectivity index (χ3n) is 6.92. The molecule has 2 aliphatic rings. The van der Waals surface area contributed by atoms with Gasteiger partial charge in [0, 0.05) is 49.8 Å². The highest BCUT2D eigenvalue weighted by Crippen LogP contribution is 2.34. The molecule has 2 aromatic heterocycles. The van der Waals surface area contributed by atoms with Crippen molar-refractivity contribution >= 4 is 34.2 Å². The van der Waals surface area contributed by atoms with Crippen LogP contribution in [0.1, 0.15) is 25.1 Å². The van der Waals surface area contributed by atoms with Crippen LogP contribution < -0.4 is 15.8 Å². The number of fused-ring (bicyclic) bond motifs is 1. The summed E-state index contributed by atoms with van der Waals surface area (Å²) in [5, 5.41) is 3.49. The number of benzene rings is 1. The van der Waals surface area contributed by atoms with E-state index in [0.29, 0.717) is 42.0 Å². The fraction of sp³-hybridized carbons (Fsp3) is 0.417. The summed E-state index contributed by atoms with van der Waals surface area (Å²) in [6.45, 7) is 4.03. The smallest absolute Gasteiger partial charge is 0.263 e. The molecule has 0 spiro atoms. The number of nitrogens with one attached hydrogen (secondary N) is 1. The van der Waals surface area contributed by atoms with Gasteiger partial charge < -0.3 is 10.2 Å². The fourth-order valence-corrected chi connectivity index (χ4v) is 5.14. The third-order valence-corrected chi connectivity index (χ3v) is 7.15. The van der Waals surface area contributed by atoms with Crippen molar-refractivity contribution in [3.05, 3.63) is 51.3 Å². The van der Waals surface area contributed by atoms with Gasteiger partial charge in [-0.3, -0.25) is 14.2 Å². The second kappa shape index (κ2) is 8.41. The van der Waals surface area contributed by atoms with Crippen molar-refractivity contribution < 1.29 is 9.18 Å². The molecule has 0 saturated carbocycles. The number of halogens is 2. The highest BCUT2D eigenvalue weighted by atomic mass is 35.5. The number of carbonyl (C=O) groups is 1. The molecule has 9 heteroatoms. The molecule has 1 N–H and O–H groups in total. The van der Waals surface area contributed by atoms with Crippen LogP contribution in [0.5, 0.6) is 0 Å². The molecule has 0 aliphatic carbocycles. The monoisotopic (exact) mass is 469 g/mol. The minimum Gasteiger partial charge on any atom is -0.356 e. The molecule has 5 rings (SSSR count). The lowest BCUT2D eigenvalue weighted by atomic mass is 9.85. The number of anilines is 1. The van der Waals surface area contributed by atoms with Gasteiger partial charge in [0.25, 0.3) is 5.56 Å². The Bertz CT molecular complexity index is 1320. The number of piperidine rings is 1. The summed E-state index contributed by atoms with van der Waals surface area (Å²) in [5.41, 5.74) is 0.704. The summed E-state index contributed by atoms with van der Waals surface area (Å²) < 4.78 is 16.4. The summed E-state index contributed by atoms with van der Waals surface area (Å²) in [4.78, 5) is 36.5. The average molecular weight is 470 g/mol. The van der Waals surface area contributed by atoms with Gasteiger partial charge in [-0.1, -0.05) is 11.6 Å². The Morgan fingerprint density at radius 1 is 1.18 bits per heavy atom. The van der Waals surface area contributed by atoms with Crippen molar-refractivity contribution in [2.45, 2.75) is 26.2 Å². The maximum atomic E-state index is 14.9. The Kier molecular flexibility index (Phi) is 5.56. The van der Waals surface area contributed by atoms with E-state index in [-0.39, 0.29) is 33.1 Å². The van der Waals surface area contributed by atoms with Gasteiger partial charge in [0.05, 0.1) is 16.6 Å². The third kappa shape index (κ3) is 3.97. The van der Waals surface area contributed by atoms with Gasteiger partial charge in [-0.2, -0.15) is 0 Å². The maximum Gasteiger partial charge on any atom is 0.263 e. The molecule has 3 aromatic rings. The minimum absolute atomic E-state index is 0.108. The van der Waals surface area contributed by atoms with Crippen molar-refractivity contribution in [3.8, 4) is 11.3 Å². The second-order valence-corrected chi connectivity index (χ2v) is 9.42. The number of rotatable bonds is 3.